The fraction of sp³-hybridized carbons (Fsp3) is 0.417. The maximum atomic E-state index is 14.1. The number of nitrogens with zero attached hydrogens (tertiary/aromatic N) is 1. The number of halogens is 1. The van der Waals surface area contributed by atoms with E-state index in [9.17, 15) is 14.0 Å². The van der Waals surface area contributed by atoms with E-state index in [0.717, 1.165) is 5.56 Å². The van der Waals surface area contributed by atoms with Crippen LogP contribution in [0.1, 0.15) is 45.2 Å². The summed E-state index contributed by atoms with van der Waals surface area (Å²) < 4.78 is 14.1. The highest BCUT2D eigenvalue weighted by atomic mass is 19.1. The first kappa shape index (κ1) is 22.6. The number of carbonyl (C=O) groups excluding carboxylic acids is 2. The minimum Gasteiger partial charge on any atom is -0.350 e. The van der Waals surface area contributed by atoms with Crippen LogP contribution in [-0.4, -0.2) is 34.8 Å². The van der Waals surface area contributed by atoms with E-state index in [2.05, 4.69) is 5.32 Å². The van der Waals surface area contributed by atoms with Crippen molar-refractivity contribution in [3.05, 3.63) is 71.5 Å². The van der Waals surface area contributed by atoms with Gasteiger partial charge in [-0.3, -0.25) is 9.59 Å². The Bertz CT molecular complexity index is 815. The third kappa shape index (κ3) is 7.00. The molecule has 0 aliphatic carbocycles. The summed E-state index contributed by atoms with van der Waals surface area (Å²) in [6, 6.07) is 15.5. The van der Waals surface area contributed by atoms with Crippen molar-refractivity contribution in [1.29, 1.82) is 0 Å². The molecule has 5 heteroatoms. The van der Waals surface area contributed by atoms with Gasteiger partial charge in [0.1, 0.15) is 11.9 Å². The fourth-order valence-electron chi connectivity index (χ4n) is 3.26. The van der Waals surface area contributed by atoms with Crippen LogP contribution in [0.5, 0.6) is 0 Å². The number of nitrogens with one attached hydrogen (secondary N) is 1. The quantitative estimate of drug-likeness (QED) is 0.727. The van der Waals surface area contributed by atoms with Crippen molar-refractivity contribution >= 4 is 11.8 Å². The van der Waals surface area contributed by atoms with Gasteiger partial charge in [0.15, 0.2) is 0 Å². The molecule has 0 heterocycles. The Balaban J connectivity index is 2.24. The molecular formula is C24H31FN2O2. The number of hydrogen-bond donors (Lipinski definition) is 1. The van der Waals surface area contributed by atoms with Crippen LogP contribution in [0.25, 0.3) is 0 Å². The van der Waals surface area contributed by atoms with Gasteiger partial charge >= 0.3 is 0 Å². The van der Waals surface area contributed by atoms with Gasteiger partial charge in [0.05, 0.1) is 6.42 Å². The lowest BCUT2D eigenvalue weighted by molar-refractivity contribution is -0.140. The van der Waals surface area contributed by atoms with E-state index >= 15 is 0 Å². The minimum absolute atomic E-state index is 0.0687. The molecule has 0 saturated carbocycles. The molecule has 4 nitrogen and oxygen atoms in total. The van der Waals surface area contributed by atoms with Crippen molar-refractivity contribution in [3.63, 3.8) is 0 Å². The normalized spacial score (nSPS) is 12.3. The smallest absolute Gasteiger partial charge is 0.243 e. The third-order valence-corrected chi connectivity index (χ3v) is 4.67. The van der Waals surface area contributed by atoms with Crippen LogP contribution in [0.4, 0.5) is 4.39 Å². The Kier molecular flexibility index (Phi) is 7.94. The van der Waals surface area contributed by atoms with Crippen LogP contribution in [0, 0.1) is 5.82 Å². The second-order valence-corrected chi connectivity index (χ2v) is 8.25. The number of carbonyl (C=O) groups is 2. The van der Waals surface area contributed by atoms with Crippen LogP contribution in [0.2, 0.25) is 0 Å². The summed E-state index contributed by atoms with van der Waals surface area (Å²) in [5.41, 5.74) is 1.03. The molecule has 0 saturated heterocycles. The van der Waals surface area contributed by atoms with Crippen molar-refractivity contribution < 1.29 is 14.0 Å². The molecule has 156 valence electrons. The molecule has 29 heavy (non-hydrogen) atoms. The Hall–Kier alpha value is -2.69. The number of benzene rings is 2. The molecule has 0 fully saturated rings. The van der Waals surface area contributed by atoms with Gasteiger partial charge in [-0.25, -0.2) is 4.39 Å². The Morgan fingerprint density at radius 1 is 1.03 bits per heavy atom. The van der Waals surface area contributed by atoms with E-state index in [1.54, 1.807) is 23.1 Å². The molecule has 1 N–H and O–H groups in total. The molecule has 2 aromatic rings. The molecule has 0 spiro atoms. The zero-order valence-corrected chi connectivity index (χ0v) is 17.7. The van der Waals surface area contributed by atoms with Crippen molar-refractivity contribution in [2.75, 3.05) is 6.54 Å². The molecule has 2 aromatic carbocycles. The molecule has 0 aliphatic rings. The largest absolute Gasteiger partial charge is 0.350 e. The highest BCUT2D eigenvalue weighted by Crippen LogP contribution is 2.15. The van der Waals surface area contributed by atoms with Gasteiger partial charge in [0.25, 0.3) is 0 Å². The van der Waals surface area contributed by atoms with Gasteiger partial charge in [-0.15, -0.1) is 0 Å². The van der Waals surface area contributed by atoms with Gasteiger partial charge in [-0.05, 0) is 50.8 Å². The summed E-state index contributed by atoms with van der Waals surface area (Å²) in [6.07, 6.45) is 1.05. The Morgan fingerprint density at radius 3 is 2.24 bits per heavy atom. The van der Waals surface area contributed by atoms with E-state index in [1.807, 2.05) is 58.0 Å². The predicted octanol–water partition coefficient (Wildman–Crippen LogP) is 4.13. The van der Waals surface area contributed by atoms with Gasteiger partial charge in [-0.2, -0.15) is 0 Å². The first-order valence-electron chi connectivity index (χ1n) is 10.1. The summed E-state index contributed by atoms with van der Waals surface area (Å²) in [5, 5.41) is 2.97. The lowest BCUT2D eigenvalue weighted by Gasteiger charge is -2.33. The highest BCUT2D eigenvalue weighted by molar-refractivity contribution is 5.88. The van der Waals surface area contributed by atoms with Gasteiger partial charge < -0.3 is 10.2 Å². The number of amides is 2. The van der Waals surface area contributed by atoms with Crippen molar-refractivity contribution in [1.82, 2.24) is 10.2 Å². The summed E-state index contributed by atoms with van der Waals surface area (Å²) in [7, 11) is 0. The van der Waals surface area contributed by atoms with Gasteiger partial charge in [0, 0.05) is 12.1 Å². The van der Waals surface area contributed by atoms with Crippen molar-refractivity contribution in [3.8, 4) is 0 Å². The highest BCUT2D eigenvalue weighted by Gasteiger charge is 2.30. The lowest BCUT2D eigenvalue weighted by atomic mass is 10.0. The average Bonchev–Trinajstić information content (AvgIpc) is 2.66. The molecule has 0 radical (unpaired) electrons. The lowest BCUT2D eigenvalue weighted by Crippen LogP contribution is -2.54. The zero-order valence-electron chi connectivity index (χ0n) is 17.7. The summed E-state index contributed by atoms with van der Waals surface area (Å²) in [4.78, 5) is 27.6. The second-order valence-electron chi connectivity index (χ2n) is 8.25. The molecule has 2 rings (SSSR count). The monoisotopic (exact) mass is 398 g/mol. The first-order valence-corrected chi connectivity index (χ1v) is 10.1. The van der Waals surface area contributed by atoms with E-state index < -0.39 is 17.4 Å². The maximum Gasteiger partial charge on any atom is 0.243 e. The topological polar surface area (TPSA) is 49.4 Å². The molecule has 0 aliphatic heterocycles. The maximum absolute atomic E-state index is 14.1. The van der Waals surface area contributed by atoms with Crippen molar-refractivity contribution in [2.45, 2.75) is 58.5 Å². The zero-order chi connectivity index (χ0) is 21.4. The summed E-state index contributed by atoms with van der Waals surface area (Å²) in [5.74, 6) is -0.840. The van der Waals surface area contributed by atoms with Crippen molar-refractivity contribution in [2.24, 2.45) is 0 Å². The van der Waals surface area contributed by atoms with E-state index in [1.165, 1.54) is 6.07 Å². The third-order valence-electron chi connectivity index (χ3n) is 4.67. The fourth-order valence-corrected chi connectivity index (χ4v) is 3.26. The summed E-state index contributed by atoms with van der Waals surface area (Å²) >= 11 is 0. The first-order chi connectivity index (χ1) is 13.7. The molecule has 0 bridgehead atoms. The van der Waals surface area contributed by atoms with E-state index in [0.29, 0.717) is 24.9 Å². The molecule has 2 amide bonds. The SMILES string of the molecule is CC[C@@H](C(=O)NC(C)(C)C)N(CCc1ccccc1)C(=O)Cc1ccccc1F. The predicted molar refractivity (Wildman–Crippen MR) is 114 cm³/mol. The molecule has 0 unspecified atom stereocenters. The average molecular weight is 399 g/mol. The second kappa shape index (κ2) is 10.2. The van der Waals surface area contributed by atoms with Gasteiger partial charge in [0.2, 0.25) is 11.8 Å². The standard InChI is InChI=1S/C24H31FN2O2/c1-5-21(23(29)26-24(2,3)4)27(16-15-18-11-7-6-8-12-18)22(28)17-19-13-9-10-14-20(19)25/h6-14,21H,5,15-17H2,1-4H3,(H,26,29)/t21-/m0/s1. The van der Waals surface area contributed by atoms with Crippen LogP contribution in [0.3, 0.4) is 0 Å². The van der Waals surface area contributed by atoms with E-state index in [-0.39, 0.29) is 18.2 Å². The number of hydrogen-bond acceptors (Lipinski definition) is 2. The molecule has 0 aromatic heterocycles. The minimum atomic E-state index is -0.600. The van der Waals surface area contributed by atoms with Crippen LogP contribution in [0.15, 0.2) is 54.6 Å². The van der Waals surface area contributed by atoms with Crippen LogP contribution >= 0.6 is 0 Å². The Labute approximate surface area is 173 Å². The van der Waals surface area contributed by atoms with Crippen LogP contribution < -0.4 is 5.32 Å². The Morgan fingerprint density at radius 2 is 1.66 bits per heavy atom. The summed E-state index contributed by atoms with van der Waals surface area (Å²) in [6.45, 7) is 8.01. The number of rotatable bonds is 8. The van der Waals surface area contributed by atoms with E-state index in [4.69, 9.17) is 0 Å². The molecule has 1 atom stereocenters. The van der Waals surface area contributed by atoms with Crippen LogP contribution in [-0.2, 0) is 22.4 Å². The van der Waals surface area contributed by atoms with Gasteiger partial charge in [-0.1, -0.05) is 55.5 Å². The molecular weight excluding hydrogens is 367 g/mol.